The van der Waals surface area contributed by atoms with Crippen molar-refractivity contribution in [2.75, 3.05) is 0 Å². The maximum atomic E-state index is 11.3. The van der Waals surface area contributed by atoms with E-state index in [2.05, 4.69) is 163 Å². The van der Waals surface area contributed by atoms with Gasteiger partial charge in [-0.25, -0.2) is 4.98 Å². The van der Waals surface area contributed by atoms with Gasteiger partial charge in [-0.05, 0) is 59.0 Å². The summed E-state index contributed by atoms with van der Waals surface area (Å²) < 4.78 is 4.59. The molecule has 0 saturated carbocycles. The van der Waals surface area contributed by atoms with Gasteiger partial charge in [-0.3, -0.25) is 9.55 Å². The summed E-state index contributed by atoms with van der Waals surface area (Å²) in [5.74, 6) is 0.840. The molecule has 0 aliphatic heterocycles. The van der Waals surface area contributed by atoms with Crippen molar-refractivity contribution >= 4 is 49.1 Å². The molecule has 4 heterocycles. The summed E-state index contributed by atoms with van der Waals surface area (Å²) in [5.41, 5.74) is 14.0. The van der Waals surface area contributed by atoms with Gasteiger partial charge >= 0.3 is 0 Å². The summed E-state index contributed by atoms with van der Waals surface area (Å²) in [6, 6.07) is 58.4. The van der Waals surface area contributed by atoms with E-state index in [1.165, 1.54) is 32.8 Å². The molecule has 7 aromatic carbocycles. The standard InChI is InChI=1S/C52H37N4O.Pt/c1-52(2,3)35-26-27-45(41(29-35)32-14-5-4-6-15-32)56-46-24-13-20-36(49(46)54-51(56)40-19-8-10-25-48(40)57)33-16-11-17-34(28-33)43-30-47-42(31-53-43)39-22-12-21-38-37-18-7-9-23-44(37)55(47)50(38)39;/h4-27,29-31,57H,1-3H3;/q-1;. The minimum Gasteiger partial charge on any atom is -0.507 e. The van der Waals surface area contributed by atoms with Crippen molar-refractivity contribution in [3.05, 3.63) is 176 Å². The molecule has 4 aromatic heterocycles. The van der Waals surface area contributed by atoms with Gasteiger partial charge < -0.3 is 9.51 Å². The first-order valence-electron chi connectivity index (χ1n) is 19.4. The van der Waals surface area contributed by atoms with Gasteiger partial charge in [0.15, 0.2) is 0 Å². The Balaban J connectivity index is 0.00000408. The Hall–Kier alpha value is -6.55. The third-order valence-corrected chi connectivity index (χ3v) is 11.5. The molecule has 0 saturated heterocycles. The number of fused-ring (bicyclic) bond motifs is 7. The zero-order valence-electron chi connectivity index (χ0n) is 32.1. The average molecular weight is 929 g/mol. The smallest absolute Gasteiger partial charge is 0.148 e. The second kappa shape index (κ2) is 13.5. The molecule has 0 aliphatic carbocycles. The fourth-order valence-electron chi connectivity index (χ4n) is 8.70. The molecule has 1 N–H and O–H groups in total. The van der Waals surface area contributed by atoms with Crippen LogP contribution in [-0.4, -0.2) is 24.0 Å². The summed E-state index contributed by atoms with van der Waals surface area (Å²) in [5, 5.41) is 16.2. The van der Waals surface area contributed by atoms with Crippen LogP contribution in [0.1, 0.15) is 26.3 Å². The Morgan fingerprint density at radius 3 is 2.07 bits per heavy atom. The second-order valence-electron chi connectivity index (χ2n) is 15.9. The molecule has 0 fully saturated rings. The van der Waals surface area contributed by atoms with Crippen LogP contribution in [0.25, 0.3) is 99.7 Å². The number of imidazole rings is 1. The zero-order chi connectivity index (χ0) is 38.4. The predicted molar refractivity (Wildman–Crippen MR) is 234 cm³/mol. The van der Waals surface area contributed by atoms with Gasteiger partial charge in [0.25, 0.3) is 0 Å². The van der Waals surface area contributed by atoms with Crippen LogP contribution in [-0.2, 0) is 26.5 Å². The van der Waals surface area contributed by atoms with E-state index >= 15 is 0 Å². The molecule has 0 aliphatic rings. The number of rotatable bonds is 5. The molecule has 11 rings (SSSR count). The summed E-state index contributed by atoms with van der Waals surface area (Å²) in [6.07, 6.45) is 2.01. The minimum atomic E-state index is -0.0484. The summed E-state index contributed by atoms with van der Waals surface area (Å²) in [6.45, 7) is 6.73. The van der Waals surface area contributed by atoms with Crippen molar-refractivity contribution < 1.29 is 26.2 Å². The normalized spacial score (nSPS) is 12.0. The maximum Gasteiger partial charge on any atom is 0.148 e. The number of benzene rings is 7. The van der Waals surface area contributed by atoms with Crippen molar-refractivity contribution in [1.29, 1.82) is 0 Å². The molecule has 0 amide bonds. The second-order valence-corrected chi connectivity index (χ2v) is 15.9. The van der Waals surface area contributed by atoms with Crippen LogP contribution < -0.4 is 0 Å². The Labute approximate surface area is 350 Å². The number of phenolic OH excluding ortho intramolecular Hbond substituents is 1. The summed E-state index contributed by atoms with van der Waals surface area (Å²) >= 11 is 0. The third-order valence-electron chi connectivity index (χ3n) is 11.5. The molecule has 0 spiro atoms. The number of pyridine rings is 1. The van der Waals surface area contributed by atoms with Gasteiger partial charge in [-0.2, -0.15) is 0 Å². The third kappa shape index (κ3) is 5.49. The SMILES string of the molecule is CC(C)(C)c1ccc(-n2c(-c3ccccc3O)nc3c(-c4[c-]c(-c5cc6c(cn5)c5cccc7c8ccccc8n6c75)ccc4)cccc32)c(-c2ccccc2)c1.[Pt]. The van der Waals surface area contributed by atoms with Crippen LogP contribution in [0.15, 0.2) is 164 Å². The Bertz CT molecular complexity index is 3350. The number of phenols is 1. The zero-order valence-corrected chi connectivity index (χ0v) is 34.4. The van der Waals surface area contributed by atoms with Crippen molar-refractivity contribution in [2.24, 2.45) is 0 Å². The van der Waals surface area contributed by atoms with Gasteiger partial charge in [0, 0.05) is 60.1 Å². The van der Waals surface area contributed by atoms with Crippen LogP contribution in [0.5, 0.6) is 5.75 Å². The molecular formula is C52H37N4OPt-. The average Bonchev–Trinajstić information content (AvgIpc) is 3.91. The number of aromatic hydroxyl groups is 1. The molecule has 5 nitrogen and oxygen atoms in total. The van der Waals surface area contributed by atoms with Gasteiger partial charge in [-0.15, -0.1) is 29.8 Å². The number of hydrogen-bond donors (Lipinski definition) is 1. The van der Waals surface area contributed by atoms with E-state index < -0.39 is 0 Å². The molecule has 0 radical (unpaired) electrons. The first-order chi connectivity index (χ1) is 27.8. The Morgan fingerprint density at radius 2 is 1.24 bits per heavy atom. The molecule has 11 aromatic rings. The number of nitrogens with zero attached hydrogens (tertiary/aromatic N) is 4. The van der Waals surface area contributed by atoms with Crippen LogP contribution in [0.3, 0.4) is 0 Å². The monoisotopic (exact) mass is 928 g/mol. The van der Waals surface area contributed by atoms with E-state index in [1.807, 2.05) is 30.5 Å². The molecule has 0 bridgehead atoms. The Morgan fingerprint density at radius 1 is 0.569 bits per heavy atom. The van der Waals surface area contributed by atoms with Crippen molar-refractivity contribution in [1.82, 2.24) is 18.9 Å². The molecule has 0 atom stereocenters. The molecule has 58 heavy (non-hydrogen) atoms. The quantitative estimate of drug-likeness (QED) is 0.175. The van der Waals surface area contributed by atoms with E-state index in [-0.39, 0.29) is 32.2 Å². The summed E-state index contributed by atoms with van der Waals surface area (Å²) in [4.78, 5) is 10.4. The van der Waals surface area contributed by atoms with Crippen LogP contribution in [0, 0.1) is 6.07 Å². The number of para-hydroxylation sites is 4. The number of hydrogen-bond acceptors (Lipinski definition) is 3. The summed E-state index contributed by atoms with van der Waals surface area (Å²) in [7, 11) is 0. The van der Waals surface area contributed by atoms with E-state index in [0.29, 0.717) is 11.4 Å². The van der Waals surface area contributed by atoms with Gasteiger partial charge in [0.05, 0.1) is 38.8 Å². The van der Waals surface area contributed by atoms with Crippen molar-refractivity contribution in [3.63, 3.8) is 0 Å². The molecular weight excluding hydrogens is 892 g/mol. The van der Waals surface area contributed by atoms with E-state index in [9.17, 15) is 5.11 Å². The van der Waals surface area contributed by atoms with Crippen molar-refractivity contribution in [3.8, 4) is 56.3 Å². The maximum absolute atomic E-state index is 11.3. The van der Waals surface area contributed by atoms with Crippen molar-refractivity contribution in [2.45, 2.75) is 26.2 Å². The molecule has 282 valence electrons. The Kier molecular flexibility index (Phi) is 8.37. The first kappa shape index (κ1) is 35.8. The predicted octanol–water partition coefficient (Wildman–Crippen LogP) is 13.0. The minimum absolute atomic E-state index is 0. The van der Waals surface area contributed by atoms with Gasteiger partial charge in [0.2, 0.25) is 0 Å². The fourth-order valence-corrected chi connectivity index (χ4v) is 8.70. The largest absolute Gasteiger partial charge is 0.507 e. The van der Waals surface area contributed by atoms with Crippen LogP contribution in [0.2, 0.25) is 0 Å². The van der Waals surface area contributed by atoms with Crippen LogP contribution in [0.4, 0.5) is 0 Å². The molecule has 6 heteroatoms. The topological polar surface area (TPSA) is 55.3 Å². The van der Waals surface area contributed by atoms with E-state index in [4.69, 9.17) is 9.97 Å². The van der Waals surface area contributed by atoms with Gasteiger partial charge in [-0.1, -0.05) is 129 Å². The molecule has 0 unspecified atom stereocenters. The number of aromatic nitrogens is 4. The van der Waals surface area contributed by atoms with E-state index in [1.54, 1.807) is 6.07 Å². The van der Waals surface area contributed by atoms with Gasteiger partial charge in [0.1, 0.15) is 11.6 Å². The van der Waals surface area contributed by atoms with Crippen LogP contribution >= 0.6 is 0 Å². The fraction of sp³-hybridized carbons (Fsp3) is 0.0769. The first-order valence-corrected chi connectivity index (χ1v) is 19.4. The van der Waals surface area contributed by atoms with E-state index in [0.717, 1.165) is 61.1 Å².